The minimum absolute atomic E-state index is 0.0543. The second-order valence-corrected chi connectivity index (χ2v) is 9.23. The number of nitrogens with one attached hydrogen (secondary N) is 1. The van der Waals surface area contributed by atoms with Crippen molar-refractivity contribution in [3.63, 3.8) is 0 Å². The van der Waals surface area contributed by atoms with Gasteiger partial charge in [-0.3, -0.25) is 9.69 Å². The summed E-state index contributed by atoms with van der Waals surface area (Å²) in [5.74, 6) is -0.0543. The van der Waals surface area contributed by atoms with Crippen LogP contribution < -0.4 is 5.32 Å². The molecule has 2 fully saturated rings. The van der Waals surface area contributed by atoms with Crippen LogP contribution in [0.25, 0.3) is 0 Å². The van der Waals surface area contributed by atoms with Crippen LogP contribution >= 0.6 is 11.6 Å². The predicted molar refractivity (Wildman–Crippen MR) is 97.4 cm³/mol. The second kappa shape index (κ2) is 8.17. The minimum atomic E-state index is -4.74. The number of carbonyl (C=O) groups excluding carboxylic acids is 1. The lowest BCUT2D eigenvalue weighted by molar-refractivity contribution is -0.137. The molecule has 2 aliphatic heterocycles. The molecular weight excluding hydrogens is 419 g/mol. The number of rotatable bonds is 3. The van der Waals surface area contributed by atoms with E-state index >= 15 is 0 Å². The average molecular weight is 440 g/mol. The molecule has 0 bridgehead atoms. The summed E-state index contributed by atoms with van der Waals surface area (Å²) in [6, 6.07) is 2.31. The third-order valence-corrected chi connectivity index (χ3v) is 7.33. The highest BCUT2D eigenvalue weighted by Crippen LogP contribution is 2.36. The molecule has 0 aliphatic carbocycles. The van der Waals surface area contributed by atoms with E-state index < -0.39 is 31.7 Å². The summed E-state index contributed by atoms with van der Waals surface area (Å²) in [4.78, 5) is 13.7. The molecule has 11 heteroatoms. The lowest BCUT2D eigenvalue weighted by Crippen LogP contribution is -2.55. The molecule has 0 spiro atoms. The average Bonchev–Trinajstić information content (AvgIpc) is 2.85. The Bertz CT molecular complexity index is 840. The van der Waals surface area contributed by atoms with E-state index in [-0.39, 0.29) is 25.0 Å². The van der Waals surface area contributed by atoms with E-state index in [1.165, 1.54) is 0 Å². The Labute approximate surface area is 166 Å². The van der Waals surface area contributed by atoms with Gasteiger partial charge in [-0.15, -0.1) is 0 Å². The van der Waals surface area contributed by atoms with Gasteiger partial charge in [-0.1, -0.05) is 11.6 Å². The summed E-state index contributed by atoms with van der Waals surface area (Å²) >= 11 is 5.58. The molecule has 156 valence electrons. The lowest BCUT2D eigenvalue weighted by Gasteiger charge is -2.37. The fraction of sp³-hybridized carbons (Fsp3) is 0.588. The molecule has 0 radical (unpaired) electrons. The number of alkyl halides is 3. The predicted octanol–water partition coefficient (Wildman–Crippen LogP) is 2.33. The first kappa shape index (κ1) is 21.4. The van der Waals surface area contributed by atoms with Crippen LogP contribution in [0.5, 0.6) is 0 Å². The fourth-order valence-corrected chi connectivity index (χ4v) is 5.23. The zero-order valence-corrected chi connectivity index (χ0v) is 16.6. The van der Waals surface area contributed by atoms with E-state index in [0.29, 0.717) is 32.1 Å². The van der Waals surface area contributed by atoms with Crippen molar-refractivity contribution in [1.29, 1.82) is 0 Å². The number of amides is 1. The van der Waals surface area contributed by atoms with Crippen molar-refractivity contribution >= 4 is 27.5 Å². The molecule has 1 aromatic carbocycles. The van der Waals surface area contributed by atoms with Gasteiger partial charge in [0.15, 0.2) is 0 Å². The monoisotopic (exact) mass is 439 g/mol. The van der Waals surface area contributed by atoms with Gasteiger partial charge < -0.3 is 5.32 Å². The maximum absolute atomic E-state index is 13.0. The van der Waals surface area contributed by atoms with E-state index in [1.807, 2.05) is 4.90 Å². The highest BCUT2D eigenvalue weighted by molar-refractivity contribution is 7.89. The number of halogens is 4. The van der Waals surface area contributed by atoms with Crippen LogP contribution in [0.3, 0.4) is 0 Å². The van der Waals surface area contributed by atoms with Crippen molar-refractivity contribution in [1.82, 2.24) is 14.5 Å². The first-order chi connectivity index (χ1) is 13.1. The molecule has 0 aromatic heterocycles. The molecule has 0 unspecified atom stereocenters. The highest BCUT2D eigenvalue weighted by Gasteiger charge is 2.37. The van der Waals surface area contributed by atoms with Crippen LogP contribution in [0.1, 0.15) is 24.8 Å². The molecule has 2 saturated heterocycles. The third kappa shape index (κ3) is 4.45. The Kier molecular flexibility index (Phi) is 6.23. The van der Waals surface area contributed by atoms with E-state index in [2.05, 4.69) is 5.32 Å². The minimum Gasteiger partial charge on any atom is -0.355 e. The van der Waals surface area contributed by atoms with Crippen LogP contribution in [-0.4, -0.2) is 62.3 Å². The van der Waals surface area contributed by atoms with Crippen molar-refractivity contribution in [2.45, 2.75) is 36.4 Å². The molecule has 1 aromatic rings. The Hall–Kier alpha value is -1.36. The van der Waals surface area contributed by atoms with Gasteiger partial charge >= 0.3 is 6.18 Å². The van der Waals surface area contributed by atoms with Crippen molar-refractivity contribution in [2.75, 3.05) is 32.7 Å². The van der Waals surface area contributed by atoms with Crippen molar-refractivity contribution in [3.05, 3.63) is 28.8 Å². The molecule has 0 saturated carbocycles. The summed E-state index contributed by atoms with van der Waals surface area (Å²) in [7, 11) is -4.09. The van der Waals surface area contributed by atoms with Gasteiger partial charge in [0.25, 0.3) is 0 Å². The van der Waals surface area contributed by atoms with Crippen LogP contribution in [-0.2, 0) is 21.0 Å². The van der Waals surface area contributed by atoms with Gasteiger partial charge in [0, 0.05) is 32.7 Å². The molecule has 2 aliphatic rings. The number of hydrogen-bond donors (Lipinski definition) is 1. The van der Waals surface area contributed by atoms with Crippen molar-refractivity contribution in [2.24, 2.45) is 0 Å². The number of sulfonamides is 1. The van der Waals surface area contributed by atoms with E-state index in [9.17, 15) is 26.4 Å². The summed E-state index contributed by atoms with van der Waals surface area (Å²) in [5, 5.41) is 2.31. The summed E-state index contributed by atoms with van der Waals surface area (Å²) < 4.78 is 65.9. The van der Waals surface area contributed by atoms with Gasteiger partial charge in [-0.05, 0) is 37.5 Å². The van der Waals surface area contributed by atoms with Gasteiger partial charge in [0.1, 0.15) is 0 Å². The molecule has 1 N–H and O–H groups in total. The lowest BCUT2D eigenvalue weighted by atomic mass is 10.1. The molecular formula is C17H21ClF3N3O3S. The molecule has 28 heavy (non-hydrogen) atoms. The van der Waals surface area contributed by atoms with Gasteiger partial charge in [-0.2, -0.15) is 17.5 Å². The van der Waals surface area contributed by atoms with Crippen molar-refractivity contribution in [3.8, 4) is 0 Å². The summed E-state index contributed by atoms with van der Waals surface area (Å²) in [5.41, 5.74) is -1.18. The maximum Gasteiger partial charge on any atom is 0.417 e. The van der Waals surface area contributed by atoms with Crippen LogP contribution in [0.4, 0.5) is 13.2 Å². The summed E-state index contributed by atoms with van der Waals surface area (Å²) in [6.45, 7) is 1.54. The molecule has 1 atom stereocenters. The van der Waals surface area contributed by atoms with Crippen molar-refractivity contribution < 1.29 is 26.4 Å². The summed E-state index contributed by atoms with van der Waals surface area (Å²) in [6.07, 6.45) is -2.21. The first-order valence-corrected chi connectivity index (χ1v) is 10.8. The number of hydrogen-bond acceptors (Lipinski definition) is 4. The molecule has 3 rings (SSSR count). The smallest absolute Gasteiger partial charge is 0.355 e. The maximum atomic E-state index is 13.0. The highest BCUT2D eigenvalue weighted by atomic mass is 35.5. The second-order valence-electron chi connectivity index (χ2n) is 6.88. The first-order valence-electron chi connectivity index (χ1n) is 8.99. The topological polar surface area (TPSA) is 69.7 Å². The number of carbonyl (C=O) groups is 1. The van der Waals surface area contributed by atoms with Crippen LogP contribution in [0.2, 0.25) is 5.02 Å². The SMILES string of the molecule is O=C1NCCCC[C@@H]1N1CCN(S(=O)(=O)c2ccc(Cl)c(C(F)(F)F)c2)CC1. The van der Waals surface area contributed by atoms with E-state index in [0.717, 1.165) is 29.3 Å². The Morgan fingerprint density at radius 2 is 1.79 bits per heavy atom. The Balaban J connectivity index is 1.74. The quantitative estimate of drug-likeness (QED) is 0.784. The zero-order chi connectivity index (χ0) is 20.5. The number of benzene rings is 1. The standard InChI is InChI=1S/C17H21ClF3N3O3S/c18-14-5-4-12(11-13(14)17(19,20)21)28(26,27)24-9-7-23(8-10-24)15-3-1-2-6-22-16(15)25/h4-5,11,15H,1-3,6-10H2,(H,22,25)/t15-/m0/s1. The molecule has 2 heterocycles. The molecule has 1 amide bonds. The van der Waals surface area contributed by atoms with Gasteiger partial charge in [0.2, 0.25) is 15.9 Å². The van der Waals surface area contributed by atoms with E-state index in [4.69, 9.17) is 11.6 Å². The normalized spacial score (nSPS) is 23.3. The zero-order valence-electron chi connectivity index (χ0n) is 15.0. The van der Waals surface area contributed by atoms with Crippen LogP contribution in [0, 0.1) is 0 Å². The third-order valence-electron chi connectivity index (χ3n) is 5.10. The molecule has 6 nitrogen and oxygen atoms in total. The fourth-order valence-electron chi connectivity index (χ4n) is 3.56. The Morgan fingerprint density at radius 3 is 2.43 bits per heavy atom. The van der Waals surface area contributed by atoms with Crippen LogP contribution in [0.15, 0.2) is 23.1 Å². The van der Waals surface area contributed by atoms with E-state index in [1.54, 1.807) is 0 Å². The van der Waals surface area contributed by atoms with Gasteiger partial charge in [0.05, 0.1) is 21.5 Å². The number of nitrogens with zero attached hydrogens (tertiary/aromatic N) is 2. The number of piperazine rings is 1. The van der Waals surface area contributed by atoms with Gasteiger partial charge in [-0.25, -0.2) is 8.42 Å². The Morgan fingerprint density at radius 1 is 1.11 bits per heavy atom. The largest absolute Gasteiger partial charge is 0.417 e.